The molecule has 5 heteroatoms. The maximum atomic E-state index is 6.79. The molecule has 0 aliphatic heterocycles. The smallest absolute Gasteiger partial charge is 0.238 e. The quantitative estimate of drug-likeness (QED) is 0.182. The first-order chi connectivity index (χ1) is 27.8. The fourth-order valence-corrected chi connectivity index (χ4v) is 8.08. The molecule has 0 amide bonds. The Morgan fingerprint density at radius 1 is 0.304 bits per heavy atom. The van der Waals surface area contributed by atoms with Gasteiger partial charge < -0.3 is 4.42 Å². The van der Waals surface area contributed by atoms with E-state index in [1.54, 1.807) is 0 Å². The SMILES string of the molecule is c1ccc(-c2cccc(-c3nc(-c4ccccc4)nc(-n4c5ccccc5c5cc6c(cc54)c4ccccc4oc4ccccc4c4ccccc46)n3)c2)cc1. The fraction of sp³-hybridized carbons (Fsp3) is 0. The van der Waals surface area contributed by atoms with Gasteiger partial charge in [-0.05, 0) is 69.1 Å². The van der Waals surface area contributed by atoms with E-state index in [0.717, 1.165) is 87.5 Å². The monoisotopic (exact) mass is 716 g/mol. The summed E-state index contributed by atoms with van der Waals surface area (Å²) in [6.45, 7) is 0. The van der Waals surface area contributed by atoms with Gasteiger partial charge in [0.2, 0.25) is 5.95 Å². The van der Waals surface area contributed by atoms with Crippen LogP contribution in [0, 0.1) is 0 Å². The molecule has 0 saturated carbocycles. The Balaban J connectivity index is 1.27. The average molecular weight is 717 g/mol. The molecule has 262 valence electrons. The maximum Gasteiger partial charge on any atom is 0.238 e. The highest BCUT2D eigenvalue weighted by molar-refractivity contribution is 6.23. The van der Waals surface area contributed by atoms with Crippen molar-refractivity contribution in [2.75, 3.05) is 0 Å². The Kier molecular flexibility index (Phi) is 7.42. The Morgan fingerprint density at radius 3 is 1.52 bits per heavy atom. The van der Waals surface area contributed by atoms with Crippen molar-refractivity contribution in [3.05, 3.63) is 194 Å². The van der Waals surface area contributed by atoms with Crippen molar-refractivity contribution in [2.24, 2.45) is 0 Å². The zero-order chi connectivity index (χ0) is 37.0. The van der Waals surface area contributed by atoms with E-state index in [2.05, 4.69) is 150 Å². The number of aromatic nitrogens is 4. The molecule has 5 nitrogen and oxygen atoms in total. The fourth-order valence-electron chi connectivity index (χ4n) is 8.08. The second-order valence-corrected chi connectivity index (χ2v) is 14.0. The molecule has 0 radical (unpaired) electrons. The molecule has 3 heterocycles. The van der Waals surface area contributed by atoms with Crippen molar-refractivity contribution < 1.29 is 4.42 Å². The van der Waals surface area contributed by atoms with Crippen LogP contribution < -0.4 is 0 Å². The van der Waals surface area contributed by atoms with E-state index in [1.807, 2.05) is 48.5 Å². The summed E-state index contributed by atoms with van der Waals surface area (Å²) < 4.78 is 8.99. The lowest BCUT2D eigenvalue weighted by Crippen LogP contribution is -2.06. The minimum absolute atomic E-state index is 0.547. The van der Waals surface area contributed by atoms with Crippen LogP contribution in [0.25, 0.3) is 105 Å². The highest BCUT2D eigenvalue weighted by Gasteiger charge is 2.20. The van der Waals surface area contributed by atoms with E-state index in [4.69, 9.17) is 19.4 Å². The van der Waals surface area contributed by atoms with Crippen LogP contribution in [-0.2, 0) is 0 Å². The van der Waals surface area contributed by atoms with E-state index in [0.29, 0.717) is 17.6 Å². The van der Waals surface area contributed by atoms with Crippen molar-refractivity contribution in [2.45, 2.75) is 0 Å². The van der Waals surface area contributed by atoms with Crippen LogP contribution >= 0.6 is 0 Å². The Bertz CT molecular complexity index is 3370. The van der Waals surface area contributed by atoms with E-state index in [9.17, 15) is 0 Å². The van der Waals surface area contributed by atoms with E-state index in [1.165, 1.54) is 0 Å². The minimum atomic E-state index is 0.547. The molecule has 0 fully saturated rings. The summed E-state index contributed by atoms with van der Waals surface area (Å²) >= 11 is 0. The van der Waals surface area contributed by atoms with Crippen LogP contribution in [-0.4, -0.2) is 19.5 Å². The third-order valence-corrected chi connectivity index (χ3v) is 10.7. The molecular formula is C51H32N4O. The number of rotatable bonds is 4. The molecule has 0 spiro atoms. The van der Waals surface area contributed by atoms with E-state index in [-0.39, 0.29) is 0 Å². The standard InChI is InChI=1S/C51H32N4O/c1-3-16-33(17-4-1)35-20-15-21-36(30-35)50-52-49(34-18-5-2-6-19-34)53-51(54-50)55-45-27-12-9-24-39(45)44-31-42-38-23-8-7-22-37(38)40-25-10-13-28-47(40)56-48-29-14-11-26-41(48)43(42)32-46(44)55/h1-32H. The van der Waals surface area contributed by atoms with Crippen LogP contribution in [0.1, 0.15) is 0 Å². The van der Waals surface area contributed by atoms with Gasteiger partial charge >= 0.3 is 0 Å². The average Bonchev–Trinajstić information content (AvgIpc) is 3.61. The molecule has 11 aromatic rings. The molecule has 0 atom stereocenters. The van der Waals surface area contributed by atoms with Crippen molar-refractivity contribution >= 4 is 65.3 Å². The lowest BCUT2D eigenvalue weighted by molar-refractivity contribution is 0.663. The van der Waals surface area contributed by atoms with Gasteiger partial charge in [0, 0.05) is 32.7 Å². The third kappa shape index (κ3) is 5.29. The van der Waals surface area contributed by atoms with Crippen molar-refractivity contribution in [1.82, 2.24) is 19.5 Å². The molecule has 8 aromatic carbocycles. The molecule has 0 aliphatic rings. The number of nitrogens with zero attached hydrogens (tertiary/aromatic N) is 4. The zero-order valence-corrected chi connectivity index (χ0v) is 30.2. The van der Waals surface area contributed by atoms with Gasteiger partial charge in [0.05, 0.1) is 11.0 Å². The summed E-state index contributed by atoms with van der Waals surface area (Å²) in [6, 6.07) is 67.4. The number of fused-ring (bicyclic) bond motifs is 10. The van der Waals surface area contributed by atoms with Gasteiger partial charge in [-0.3, -0.25) is 4.57 Å². The van der Waals surface area contributed by atoms with Gasteiger partial charge in [-0.25, -0.2) is 4.98 Å². The summed E-state index contributed by atoms with van der Waals surface area (Å²) in [5.41, 5.74) is 7.68. The predicted molar refractivity (Wildman–Crippen MR) is 230 cm³/mol. The Hall–Kier alpha value is -7.63. The van der Waals surface area contributed by atoms with Crippen LogP contribution in [0.15, 0.2) is 199 Å². The summed E-state index contributed by atoms with van der Waals surface area (Å²) in [4.78, 5) is 15.6. The highest BCUT2D eigenvalue weighted by atomic mass is 16.3. The Morgan fingerprint density at radius 2 is 0.804 bits per heavy atom. The summed E-state index contributed by atoms with van der Waals surface area (Å²) in [5.74, 6) is 1.76. The number of hydrogen-bond donors (Lipinski definition) is 0. The van der Waals surface area contributed by atoms with Crippen LogP contribution in [0.5, 0.6) is 0 Å². The van der Waals surface area contributed by atoms with Crippen molar-refractivity contribution in [1.29, 1.82) is 0 Å². The molecule has 0 aliphatic carbocycles. The predicted octanol–water partition coefficient (Wildman–Crippen LogP) is 13.3. The lowest BCUT2D eigenvalue weighted by atomic mass is 9.99. The topological polar surface area (TPSA) is 56.7 Å². The first kappa shape index (κ1) is 31.9. The van der Waals surface area contributed by atoms with Gasteiger partial charge in [0.1, 0.15) is 11.2 Å². The number of benzene rings is 8. The first-order valence-corrected chi connectivity index (χ1v) is 18.8. The van der Waals surface area contributed by atoms with Crippen LogP contribution in [0.3, 0.4) is 0 Å². The molecule has 0 unspecified atom stereocenters. The van der Waals surface area contributed by atoms with E-state index < -0.39 is 0 Å². The third-order valence-electron chi connectivity index (χ3n) is 10.7. The molecular weight excluding hydrogens is 685 g/mol. The number of para-hydroxylation sites is 3. The Labute approximate surface area is 322 Å². The van der Waals surface area contributed by atoms with Gasteiger partial charge in [0.15, 0.2) is 11.6 Å². The normalized spacial score (nSPS) is 11.6. The van der Waals surface area contributed by atoms with Gasteiger partial charge in [-0.1, -0.05) is 158 Å². The van der Waals surface area contributed by atoms with Crippen molar-refractivity contribution in [3.8, 4) is 39.9 Å². The van der Waals surface area contributed by atoms with Gasteiger partial charge in [0.25, 0.3) is 0 Å². The summed E-state index contributed by atoms with van der Waals surface area (Å²) in [5, 5.41) is 8.72. The maximum absolute atomic E-state index is 6.79. The highest BCUT2D eigenvalue weighted by Crippen LogP contribution is 2.39. The second-order valence-electron chi connectivity index (χ2n) is 14.0. The van der Waals surface area contributed by atoms with Crippen molar-refractivity contribution in [3.63, 3.8) is 0 Å². The van der Waals surface area contributed by atoms with Crippen LogP contribution in [0.2, 0.25) is 0 Å². The molecule has 0 bridgehead atoms. The summed E-state index contributed by atoms with van der Waals surface area (Å²) in [6.07, 6.45) is 0. The number of hydrogen-bond acceptors (Lipinski definition) is 4. The molecule has 0 saturated heterocycles. The summed E-state index contributed by atoms with van der Waals surface area (Å²) in [7, 11) is 0. The zero-order valence-electron chi connectivity index (χ0n) is 30.2. The molecule has 56 heavy (non-hydrogen) atoms. The lowest BCUT2D eigenvalue weighted by Gasteiger charge is -2.12. The van der Waals surface area contributed by atoms with Gasteiger partial charge in [-0.2, -0.15) is 9.97 Å². The molecule has 11 rings (SSSR count). The largest absolute Gasteiger partial charge is 0.456 e. The van der Waals surface area contributed by atoms with Gasteiger partial charge in [-0.15, -0.1) is 0 Å². The molecule has 3 aromatic heterocycles. The second kappa shape index (κ2) is 13.0. The molecule has 0 N–H and O–H groups in total. The van der Waals surface area contributed by atoms with E-state index >= 15 is 0 Å². The van der Waals surface area contributed by atoms with Crippen LogP contribution in [0.4, 0.5) is 0 Å². The first-order valence-electron chi connectivity index (χ1n) is 18.8. The minimum Gasteiger partial charge on any atom is -0.456 e.